The second kappa shape index (κ2) is 9.15. The van der Waals surface area contributed by atoms with Crippen LogP contribution in [0.2, 0.25) is 0 Å². The fourth-order valence-electron chi connectivity index (χ4n) is 5.21. The highest BCUT2D eigenvalue weighted by Gasteiger charge is 2.36. The molecule has 0 aliphatic carbocycles. The van der Waals surface area contributed by atoms with E-state index in [0.29, 0.717) is 18.9 Å². The van der Waals surface area contributed by atoms with Crippen molar-refractivity contribution < 1.29 is 9.59 Å². The van der Waals surface area contributed by atoms with Crippen molar-refractivity contribution in [2.24, 2.45) is 5.92 Å². The van der Waals surface area contributed by atoms with Crippen LogP contribution in [-0.2, 0) is 16.1 Å². The van der Waals surface area contributed by atoms with Crippen molar-refractivity contribution in [3.8, 4) is 0 Å². The van der Waals surface area contributed by atoms with Gasteiger partial charge in [-0.25, -0.2) is 4.98 Å². The lowest BCUT2D eigenvalue weighted by atomic mass is 9.95. The van der Waals surface area contributed by atoms with E-state index in [-0.39, 0.29) is 11.8 Å². The van der Waals surface area contributed by atoms with E-state index in [4.69, 9.17) is 0 Å². The molecule has 32 heavy (non-hydrogen) atoms. The zero-order valence-corrected chi connectivity index (χ0v) is 18.4. The number of imidazole rings is 1. The van der Waals surface area contributed by atoms with E-state index in [1.807, 2.05) is 64.7 Å². The number of benzene rings is 2. The molecule has 2 fully saturated rings. The molecular formula is C26H30N4O2. The largest absolute Gasteiger partial charge is 0.340 e. The molecule has 2 aliphatic heterocycles. The second-order valence-electron chi connectivity index (χ2n) is 9.04. The number of aromatic nitrogens is 2. The Bertz CT molecular complexity index is 1090. The van der Waals surface area contributed by atoms with Gasteiger partial charge < -0.3 is 14.4 Å². The minimum Gasteiger partial charge on any atom is -0.340 e. The Morgan fingerprint density at radius 3 is 2.66 bits per heavy atom. The van der Waals surface area contributed by atoms with Gasteiger partial charge in [0.05, 0.1) is 17.4 Å². The Hall–Kier alpha value is -3.15. The van der Waals surface area contributed by atoms with E-state index in [2.05, 4.69) is 15.6 Å². The first-order chi connectivity index (χ1) is 15.7. The summed E-state index contributed by atoms with van der Waals surface area (Å²) in [6, 6.07) is 17.5. The monoisotopic (exact) mass is 430 g/mol. The number of rotatable bonds is 5. The third-order valence-electron chi connectivity index (χ3n) is 6.83. The molecule has 5 rings (SSSR count). The molecule has 3 heterocycles. The van der Waals surface area contributed by atoms with E-state index >= 15 is 0 Å². The SMILES string of the molecule is O=C(C(c1ccccc1)N1CCCCC1=O)N1CCCC(Cn2cnc3ccccc32)C1. The third-order valence-corrected chi connectivity index (χ3v) is 6.83. The minimum absolute atomic E-state index is 0.0617. The lowest BCUT2D eigenvalue weighted by molar-refractivity contribution is -0.149. The molecule has 0 bridgehead atoms. The maximum atomic E-state index is 13.8. The summed E-state index contributed by atoms with van der Waals surface area (Å²) in [5, 5.41) is 0. The Labute approximate surface area is 188 Å². The molecule has 0 spiro atoms. The van der Waals surface area contributed by atoms with E-state index < -0.39 is 6.04 Å². The summed E-state index contributed by atoms with van der Waals surface area (Å²) in [5.74, 6) is 0.530. The molecular weight excluding hydrogens is 400 g/mol. The Kier molecular flexibility index (Phi) is 5.93. The Morgan fingerprint density at radius 2 is 1.81 bits per heavy atom. The number of nitrogens with zero attached hydrogens (tertiary/aromatic N) is 4. The van der Waals surface area contributed by atoms with Gasteiger partial charge >= 0.3 is 0 Å². The van der Waals surface area contributed by atoms with Gasteiger partial charge in [0.1, 0.15) is 6.04 Å². The van der Waals surface area contributed by atoms with Gasteiger partial charge in [-0.1, -0.05) is 42.5 Å². The van der Waals surface area contributed by atoms with Gasteiger partial charge in [-0.3, -0.25) is 9.59 Å². The number of hydrogen-bond acceptors (Lipinski definition) is 3. The molecule has 6 nitrogen and oxygen atoms in total. The van der Waals surface area contributed by atoms with Gasteiger partial charge in [0.15, 0.2) is 0 Å². The van der Waals surface area contributed by atoms with Crippen molar-refractivity contribution in [3.63, 3.8) is 0 Å². The number of carbonyl (C=O) groups excluding carboxylic acids is 2. The first-order valence-electron chi connectivity index (χ1n) is 11.7. The molecule has 2 atom stereocenters. The van der Waals surface area contributed by atoms with Crippen LogP contribution >= 0.6 is 0 Å². The molecule has 3 aromatic rings. The van der Waals surface area contributed by atoms with E-state index in [1.165, 1.54) is 0 Å². The van der Waals surface area contributed by atoms with Gasteiger partial charge in [-0.05, 0) is 49.3 Å². The number of piperidine rings is 2. The smallest absolute Gasteiger partial charge is 0.250 e. The van der Waals surface area contributed by atoms with Crippen molar-refractivity contribution >= 4 is 22.8 Å². The fraction of sp³-hybridized carbons (Fsp3) is 0.423. The quantitative estimate of drug-likeness (QED) is 0.614. The first-order valence-corrected chi connectivity index (χ1v) is 11.7. The van der Waals surface area contributed by atoms with Gasteiger partial charge in [-0.15, -0.1) is 0 Å². The number of fused-ring (bicyclic) bond motifs is 1. The Morgan fingerprint density at radius 1 is 1.00 bits per heavy atom. The van der Waals surface area contributed by atoms with Crippen molar-refractivity contribution in [1.29, 1.82) is 0 Å². The summed E-state index contributed by atoms with van der Waals surface area (Å²) in [5.41, 5.74) is 3.05. The third kappa shape index (κ3) is 4.14. The maximum absolute atomic E-state index is 13.8. The highest BCUT2D eigenvalue weighted by Crippen LogP contribution is 2.30. The van der Waals surface area contributed by atoms with Gasteiger partial charge in [0, 0.05) is 32.6 Å². The van der Waals surface area contributed by atoms with Gasteiger partial charge in [0.2, 0.25) is 11.8 Å². The number of hydrogen-bond donors (Lipinski definition) is 0. The normalized spacial score (nSPS) is 20.5. The summed E-state index contributed by atoms with van der Waals surface area (Å²) in [6.45, 7) is 2.98. The zero-order valence-electron chi connectivity index (χ0n) is 18.4. The number of amides is 2. The molecule has 0 radical (unpaired) electrons. The van der Waals surface area contributed by atoms with Crippen LogP contribution in [0.3, 0.4) is 0 Å². The Balaban J connectivity index is 1.36. The number of carbonyl (C=O) groups is 2. The van der Waals surface area contributed by atoms with Crippen LogP contribution in [0.4, 0.5) is 0 Å². The van der Waals surface area contributed by atoms with Crippen LogP contribution in [-0.4, -0.2) is 50.8 Å². The van der Waals surface area contributed by atoms with Crippen molar-refractivity contribution in [2.45, 2.75) is 44.7 Å². The van der Waals surface area contributed by atoms with E-state index in [9.17, 15) is 9.59 Å². The maximum Gasteiger partial charge on any atom is 0.250 e. The topological polar surface area (TPSA) is 58.4 Å². The van der Waals surface area contributed by atoms with Crippen LogP contribution < -0.4 is 0 Å². The lowest BCUT2D eigenvalue weighted by Crippen LogP contribution is -2.50. The van der Waals surface area contributed by atoms with Gasteiger partial charge in [0.25, 0.3) is 0 Å². The highest BCUT2D eigenvalue weighted by molar-refractivity contribution is 5.89. The summed E-state index contributed by atoms with van der Waals surface area (Å²) in [7, 11) is 0. The van der Waals surface area contributed by atoms with Crippen molar-refractivity contribution in [3.05, 3.63) is 66.5 Å². The van der Waals surface area contributed by atoms with Crippen molar-refractivity contribution in [2.75, 3.05) is 19.6 Å². The lowest BCUT2D eigenvalue weighted by Gasteiger charge is -2.40. The second-order valence-corrected chi connectivity index (χ2v) is 9.04. The predicted molar refractivity (Wildman–Crippen MR) is 124 cm³/mol. The molecule has 2 amide bonds. The number of likely N-dealkylation sites (tertiary alicyclic amines) is 2. The van der Waals surface area contributed by atoms with E-state index in [1.54, 1.807) is 0 Å². The minimum atomic E-state index is -0.517. The molecule has 166 valence electrons. The highest BCUT2D eigenvalue weighted by atomic mass is 16.2. The molecule has 0 saturated carbocycles. The van der Waals surface area contributed by atoms with Crippen LogP contribution in [0.1, 0.15) is 43.7 Å². The average Bonchev–Trinajstić information content (AvgIpc) is 3.24. The summed E-state index contributed by atoms with van der Waals surface area (Å²) in [4.78, 5) is 34.9. The predicted octanol–water partition coefficient (Wildman–Crippen LogP) is 4.03. The molecule has 2 aliphatic rings. The van der Waals surface area contributed by atoms with Crippen LogP contribution in [0.25, 0.3) is 11.0 Å². The zero-order chi connectivity index (χ0) is 21.9. The summed E-state index contributed by atoms with van der Waals surface area (Å²) < 4.78 is 2.21. The first kappa shape index (κ1) is 20.7. The fourth-order valence-corrected chi connectivity index (χ4v) is 5.21. The van der Waals surface area contributed by atoms with Crippen LogP contribution in [0, 0.1) is 5.92 Å². The molecule has 1 aromatic heterocycles. The summed E-state index contributed by atoms with van der Waals surface area (Å²) in [6.07, 6.45) is 6.39. The van der Waals surface area contributed by atoms with Crippen molar-refractivity contribution in [1.82, 2.24) is 19.4 Å². The molecule has 2 aromatic carbocycles. The summed E-state index contributed by atoms with van der Waals surface area (Å²) >= 11 is 0. The number of para-hydroxylation sites is 2. The molecule has 0 N–H and O–H groups in total. The standard InChI is InChI=1S/C26H30N4O2/c31-24-14-6-7-16-30(24)25(21-10-2-1-3-11-21)26(32)28-15-8-9-20(17-28)18-29-19-27-22-12-4-5-13-23(22)29/h1-5,10-13,19-20,25H,6-9,14-18H2. The van der Waals surface area contributed by atoms with Gasteiger partial charge in [-0.2, -0.15) is 0 Å². The molecule has 6 heteroatoms. The van der Waals surface area contributed by atoms with Crippen LogP contribution in [0.15, 0.2) is 60.9 Å². The molecule has 2 unspecified atom stereocenters. The van der Waals surface area contributed by atoms with Crippen LogP contribution in [0.5, 0.6) is 0 Å². The average molecular weight is 431 g/mol. The van der Waals surface area contributed by atoms with E-state index in [0.717, 1.165) is 61.9 Å². The molecule has 2 saturated heterocycles.